The lowest BCUT2D eigenvalue weighted by Gasteiger charge is -2.10. The van der Waals surface area contributed by atoms with Crippen LogP contribution in [-0.2, 0) is 4.74 Å². The molecule has 4 rings (SSSR count). The molecule has 0 amide bonds. The zero-order chi connectivity index (χ0) is 16.5. The number of nitrogens with one attached hydrogen (secondary N) is 1. The van der Waals surface area contributed by atoms with Crippen molar-refractivity contribution in [3.8, 4) is 11.1 Å². The van der Waals surface area contributed by atoms with Crippen LogP contribution in [0.25, 0.3) is 32.9 Å². The van der Waals surface area contributed by atoms with Crippen molar-refractivity contribution in [2.45, 2.75) is 6.92 Å². The van der Waals surface area contributed by atoms with Gasteiger partial charge >= 0.3 is 5.97 Å². The van der Waals surface area contributed by atoms with Gasteiger partial charge in [-0.2, -0.15) is 0 Å². The average Bonchev–Trinajstić information content (AvgIpc) is 3.00. The van der Waals surface area contributed by atoms with Gasteiger partial charge in [-0.1, -0.05) is 48.5 Å². The molecule has 0 saturated carbocycles. The fraction of sp³-hybridized carbons (Fsp3) is 0.100. The normalized spacial score (nSPS) is 11.0. The zero-order valence-electron chi connectivity index (χ0n) is 13.2. The second-order valence-corrected chi connectivity index (χ2v) is 5.53. The lowest BCUT2D eigenvalue weighted by molar-refractivity contribution is 0.0520. The maximum Gasteiger partial charge on any atom is 0.357 e. The third kappa shape index (κ3) is 2.24. The molecule has 0 unspecified atom stereocenters. The predicted octanol–water partition coefficient (Wildman–Crippen LogP) is 4.56. The van der Waals surface area contributed by atoms with Crippen molar-refractivity contribution in [1.29, 1.82) is 0 Å². The van der Waals surface area contributed by atoms with Crippen LogP contribution < -0.4 is 0 Å². The molecule has 4 heteroatoms. The van der Waals surface area contributed by atoms with Gasteiger partial charge in [0.05, 0.1) is 18.3 Å². The highest BCUT2D eigenvalue weighted by Gasteiger charge is 2.21. The van der Waals surface area contributed by atoms with Crippen LogP contribution in [0.2, 0.25) is 0 Å². The fourth-order valence-electron chi connectivity index (χ4n) is 3.08. The van der Waals surface area contributed by atoms with Crippen LogP contribution in [0.3, 0.4) is 0 Å². The quantitative estimate of drug-likeness (QED) is 0.564. The molecule has 0 radical (unpaired) electrons. The van der Waals surface area contributed by atoms with Crippen LogP contribution in [0.5, 0.6) is 0 Å². The lowest BCUT2D eigenvalue weighted by atomic mass is 9.98. The summed E-state index contributed by atoms with van der Waals surface area (Å²) in [6, 6.07) is 17.9. The number of benzene rings is 2. The monoisotopic (exact) mass is 316 g/mol. The topological polar surface area (TPSA) is 55.0 Å². The maximum absolute atomic E-state index is 12.4. The van der Waals surface area contributed by atoms with Crippen molar-refractivity contribution in [2.24, 2.45) is 0 Å². The summed E-state index contributed by atoms with van der Waals surface area (Å²) in [4.78, 5) is 20.2. The van der Waals surface area contributed by atoms with Gasteiger partial charge in [-0.15, -0.1) is 0 Å². The Labute approximate surface area is 139 Å². The number of para-hydroxylation sites is 1. The standard InChI is InChI=1S/C20H16N2O2/c1-2-24-20(23)19-17(13-8-4-3-5-9-13)18-14-10-6-7-11-15(14)22-16(18)12-21-19/h3-12,22H,2H2,1H3. The number of ether oxygens (including phenoxy) is 1. The lowest BCUT2D eigenvalue weighted by Crippen LogP contribution is -2.09. The van der Waals surface area contributed by atoms with Gasteiger partial charge in [0.25, 0.3) is 0 Å². The number of hydrogen-bond donors (Lipinski definition) is 1. The molecule has 24 heavy (non-hydrogen) atoms. The van der Waals surface area contributed by atoms with Gasteiger partial charge in [-0.25, -0.2) is 9.78 Å². The summed E-state index contributed by atoms with van der Waals surface area (Å²) in [7, 11) is 0. The number of esters is 1. The van der Waals surface area contributed by atoms with Gasteiger partial charge in [0, 0.05) is 21.9 Å². The first-order valence-corrected chi connectivity index (χ1v) is 7.91. The van der Waals surface area contributed by atoms with E-state index in [9.17, 15) is 4.79 Å². The molecule has 0 saturated heterocycles. The van der Waals surface area contributed by atoms with E-state index >= 15 is 0 Å². The molecule has 4 nitrogen and oxygen atoms in total. The highest BCUT2D eigenvalue weighted by Crippen LogP contribution is 2.36. The molecule has 2 aromatic carbocycles. The fourth-order valence-corrected chi connectivity index (χ4v) is 3.08. The van der Waals surface area contributed by atoms with Crippen molar-refractivity contribution in [3.05, 3.63) is 66.5 Å². The molecule has 4 aromatic rings. The highest BCUT2D eigenvalue weighted by molar-refractivity contribution is 6.17. The Morgan fingerprint density at radius 2 is 1.79 bits per heavy atom. The average molecular weight is 316 g/mol. The Balaban J connectivity index is 2.13. The molecule has 0 aliphatic heterocycles. The summed E-state index contributed by atoms with van der Waals surface area (Å²) in [6.07, 6.45) is 1.70. The zero-order valence-corrected chi connectivity index (χ0v) is 13.2. The number of hydrogen-bond acceptors (Lipinski definition) is 3. The number of nitrogens with zero attached hydrogens (tertiary/aromatic N) is 1. The molecule has 1 N–H and O–H groups in total. The van der Waals surface area contributed by atoms with E-state index in [0.29, 0.717) is 12.3 Å². The van der Waals surface area contributed by atoms with Crippen molar-refractivity contribution in [1.82, 2.24) is 9.97 Å². The minimum Gasteiger partial charge on any atom is -0.461 e. The number of carbonyl (C=O) groups is 1. The van der Waals surface area contributed by atoms with Gasteiger partial charge < -0.3 is 9.72 Å². The summed E-state index contributed by atoms with van der Waals surface area (Å²) in [5, 5.41) is 2.06. The van der Waals surface area contributed by atoms with E-state index in [1.165, 1.54) is 0 Å². The smallest absolute Gasteiger partial charge is 0.357 e. The molecule has 0 bridgehead atoms. The summed E-state index contributed by atoms with van der Waals surface area (Å²) in [5.41, 5.74) is 4.03. The van der Waals surface area contributed by atoms with Gasteiger partial charge in [-0.05, 0) is 18.6 Å². The summed E-state index contributed by atoms with van der Waals surface area (Å²) in [6.45, 7) is 2.12. The number of pyridine rings is 1. The van der Waals surface area contributed by atoms with Gasteiger partial charge in [0.1, 0.15) is 0 Å². The minimum absolute atomic E-state index is 0.320. The molecule has 0 aliphatic carbocycles. The molecular weight excluding hydrogens is 300 g/mol. The second kappa shape index (κ2) is 5.81. The van der Waals surface area contributed by atoms with Crippen LogP contribution in [0.4, 0.5) is 0 Å². The molecule has 2 heterocycles. The number of aromatic nitrogens is 2. The van der Waals surface area contributed by atoms with Crippen molar-refractivity contribution >= 4 is 27.8 Å². The van der Waals surface area contributed by atoms with E-state index in [1.54, 1.807) is 13.1 Å². The number of carbonyl (C=O) groups excluding carboxylic acids is 1. The summed E-state index contributed by atoms with van der Waals surface area (Å²) < 4.78 is 5.22. The third-order valence-corrected chi connectivity index (χ3v) is 4.08. The number of fused-ring (bicyclic) bond motifs is 3. The first-order chi connectivity index (χ1) is 11.8. The Hall–Kier alpha value is -3.14. The van der Waals surface area contributed by atoms with E-state index < -0.39 is 5.97 Å². The Bertz CT molecular complexity index is 1040. The largest absolute Gasteiger partial charge is 0.461 e. The van der Waals surface area contributed by atoms with Crippen molar-refractivity contribution < 1.29 is 9.53 Å². The van der Waals surface area contributed by atoms with E-state index in [-0.39, 0.29) is 0 Å². The molecular formula is C20H16N2O2. The molecule has 118 valence electrons. The number of rotatable bonds is 3. The molecule has 2 aromatic heterocycles. The van der Waals surface area contributed by atoms with Gasteiger partial charge in [0.2, 0.25) is 0 Å². The number of H-pyrrole nitrogens is 1. The van der Waals surface area contributed by atoms with Gasteiger partial charge in [0.15, 0.2) is 5.69 Å². The molecule has 0 aliphatic rings. The minimum atomic E-state index is -0.400. The predicted molar refractivity (Wildman–Crippen MR) is 95.0 cm³/mol. The Kier molecular flexibility index (Phi) is 3.50. The SMILES string of the molecule is CCOC(=O)c1ncc2[nH]c3ccccc3c2c1-c1ccccc1. The van der Waals surface area contributed by atoms with Crippen molar-refractivity contribution in [2.75, 3.05) is 6.61 Å². The summed E-state index contributed by atoms with van der Waals surface area (Å²) in [5.74, 6) is -0.400. The molecule has 0 atom stereocenters. The summed E-state index contributed by atoms with van der Waals surface area (Å²) >= 11 is 0. The van der Waals surface area contributed by atoms with Crippen LogP contribution in [0.1, 0.15) is 17.4 Å². The van der Waals surface area contributed by atoms with E-state index in [1.807, 2.05) is 48.5 Å². The Morgan fingerprint density at radius 3 is 2.58 bits per heavy atom. The third-order valence-electron chi connectivity index (χ3n) is 4.08. The second-order valence-electron chi connectivity index (χ2n) is 5.53. The van der Waals surface area contributed by atoms with E-state index in [0.717, 1.165) is 32.9 Å². The van der Waals surface area contributed by atoms with Crippen LogP contribution in [0, 0.1) is 0 Å². The first kappa shape index (κ1) is 14.5. The molecule has 0 spiro atoms. The Morgan fingerprint density at radius 1 is 1.04 bits per heavy atom. The number of aromatic amines is 1. The van der Waals surface area contributed by atoms with Crippen LogP contribution >= 0.6 is 0 Å². The van der Waals surface area contributed by atoms with Crippen molar-refractivity contribution in [3.63, 3.8) is 0 Å². The van der Waals surface area contributed by atoms with Crippen LogP contribution in [-0.4, -0.2) is 22.5 Å². The molecule has 0 fully saturated rings. The van der Waals surface area contributed by atoms with Gasteiger partial charge in [-0.3, -0.25) is 0 Å². The first-order valence-electron chi connectivity index (χ1n) is 7.91. The van der Waals surface area contributed by atoms with Crippen LogP contribution in [0.15, 0.2) is 60.8 Å². The van der Waals surface area contributed by atoms with E-state index in [4.69, 9.17) is 4.74 Å². The maximum atomic E-state index is 12.4. The van der Waals surface area contributed by atoms with E-state index in [2.05, 4.69) is 16.0 Å². The highest BCUT2D eigenvalue weighted by atomic mass is 16.5.